The third kappa shape index (κ3) is 2.87. The van der Waals surface area contributed by atoms with E-state index in [0.717, 1.165) is 0 Å². The molecule has 2 aromatic rings. The van der Waals surface area contributed by atoms with E-state index in [4.69, 9.17) is 11.6 Å². The molecule has 0 amide bonds. The third-order valence-electron chi connectivity index (χ3n) is 4.66. The highest BCUT2D eigenvalue weighted by molar-refractivity contribution is 6.22. The maximum atomic E-state index is 6.84. The van der Waals surface area contributed by atoms with Gasteiger partial charge in [-0.3, -0.25) is 0 Å². The van der Waals surface area contributed by atoms with E-state index < -0.39 is 0 Å². The molecule has 1 aliphatic rings. The lowest BCUT2D eigenvalue weighted by atomic mass is 9.88. The highest BCUT2D eigenvalue weighted by Crippen LogP contribution is 2.35. The summed E-state index contributed by atoms with van der Waals surface area (Å²) >= 11 is 6.84. The summed E-state index contributed by atoms with van der Waals surface area (Å²) in [7, 11) is 0. The van der Waals surface area contributed by atoms with Gasteiger partial charge in [0.2, 0.25) is 0 Å². The normalized spacial score (nSPS) is 15.6. The van der Waals surface area contributed by atoms with E-state index in [2.05, 4.69) is 51.1 Å². The average molecular weight is 299 g/mol. The van der Waals surface area contributed by atoms with Gasteiger partial charge in [-0.1, -0.05) is 35.9 Å². The van der Waals surface area contributed by atoms with Crippen molar-refractivity contribution in [1.29, 1.82) is 0 Å². The molecule has 1 aliphatic carbocycles. The van der Waals surface area contributed by atoms with Crippen LogP contribution in [0.5, 0.6) is 0 Å². The van der Waals surface area contributed by atoms with Crippen molar-refractivity contribution in [3.05, 3.63) is 69.3 Å². The van der Waals surface area contributed by atoms with Crippen molar-refractivity contribution in [2.45, 2.75) is 51.8 Å². The van der Waals surface area contributed by atoms with Crippen LogP contribution in [0.4, 0.5) is 0 Å². The van der Waals surface area contributed by atoms with Gasteiger partial charge in [0.05, 0.1) is 5.38 Å². The Bertz CT molecular complexity index is 647. The number of fused-ring (bicyclic) bond motifs is 1. The van der Waals surface area contributed by atoms with Gasteiger partial charge in [0, 0.05) is 0 Å². The lowest BCUT2D eigenvalue weighted by molar-refractivity contribution is 0.684. The fraction of sp³-hybridized carbons (Fsp3) is 0.400. The molecule has 0 heterocycles. The van der Waals surface area contributed by atoms with Crippen molar-refractivity contribution < 1.29 is 0 Å². The Balaban J connectivity index is 2.01. The van der Waals surface area contributed by atoms with Gasteiger partial charge in [0.1, 0.15) is 0 Å². The summed E-state index contributed by atoms with van der Waals surface area (Å²) < 4.78 is 0. The Morgan fingerprint density at radius 3 is 2.14 bits per heavy atom. The summed E-state index contributed by atoms with van der Waals surface area (Å²) in [5, 5.41) is -0.0437. The van der Waals surface area contributed by atoms with Crippen molar-refractivity contribution >= 4 is 11.6 Å². The van der Waals surface area contributed by atoms with Crippen LogP contribution in [0, 0.1) is 20.8 Å². The van der Waals surface area contributed by atoms with Crippen LogP contribution in [0.2, 0.25) is 0 Å². The minimum atomic E-state index is -0.0437. The first kappa shape index (κ1) is 14.7. The quantitative estimate of drug-likeness (QED) is 0.613. The summed E-state index contributed by atoms with van der Waals surface area (Å²) in [6.45, 7) is 6.48. The zero-order valence-corrected chi connectivity index (χ0v) is 13.9. The third-order valence-corrected chi connectivity index (χ3v) is 5.13. The molecular formula is C20H23Cl. The number of halogens is 1. The molecule has 1 unspecified atom stereocenters. The smallest absolute Gasteiger partial charge is 0.0840 e. The van der Waals surface area contributed by atoms with Crippen LogP contribution in [0.3, 0.4) is 0 Å². The SMILES string of the molecule is Cc1cc(C)c(C(Cl)c2ccc3c(c2)CCCC3)c(C)c1. The van der Waals surface area contributed by atoms with Crippen LogP contribution in [0.25, 0.3) is 0 Å². The first-order chi connectivity index (χ1) is 10.1. The Labute approximate surface area is 133 Å². The molecular weight excluding hydrogens is 276 g/mol. The molecule has 1 atom stereocenters. The fourth-order valence-corrected chi connectivity index (χ4v) is 4.15. The Morgan fingerprint density at radius 2 is 1.48 bits per heavy atom. The Kier molecular flexibility index (Phi) is 4.08. The summed E-state index contributed by atoms with van der Waals surface area (Å²) in [5.41, 5.74) is 9.45. The molecule has 21 heavy (non-hydrogen) atoms. The summed E-state index contributed by atoms with van der Waals surface area (Å²) in [6.07, 6.45) is 5.07. The lowest BCUT2D eigenvalue weighted by Crippen LogP contribution is -2.06. The molecule has 110 valence electrons. The number of rotatable bonds is 2. The summed E-state index contributed by atoms with van der Waals surface area (Å²) in [6, 6.07) is 11.3. The second-order valence-corrected chi connectivity index (χ2v) is 6.85. The van der Waals surface area contributed by atoms with Gasteiger partial charge in [-0.25, -0.2) is 0 Å². The maximum absolute atomic E-state index is 6.84. The number of hydrogen-bond donors (Lipinski definition) is 0. The molecule has 0 spiro atoms. The maximum Gasteiger partial charge on any atom is 0.0840 e. The Morgan fingerprint density at radius 1 is 0.857 bits per heavy atom. The van der Waals surface area contributed by atoms with Crippen molar-refractivity contribution in [3.8, 4) is 0 Å². The van der Waals surface area contributed by atoms with Gasteiger partial charge in [0.25, 0.3) is 0 Å². The van der Waals surface area contributed by atoms with E-state index in [9.17, 15) is 0 Å². The molecule has 2 aromatic carbocycles. The monoisotopic (exact) mass is 298 g/mol. The van der Waals surface area contributed by atoms with Gasteiger partial charge >= 0.3 is 0 Å². The van der Waals surface area contributed by atoms with Crippen LogP contribution >= 0.6 is 11.6 Å². The highest BCUT2D eigenvalue weighted by Gasteiger charge is 2.18. The zero-order chi connectivity index (χ0) is 15.0. The molecule has 0 aromatic heterocycles. The first-order valence-electron chi connectivity index (χ1n) is 7.90. The van der Waals surface area contributed by atoms with E-state index in [1.165, 1.54) is 64.6 Å². The number of benzene rings is 2. The van der Waals surface area contributed by atoms with Crippen LogP contribution in [0.15, 0.2) is 30.3 Å². The standard InChI is InChI=1S/C20H23Cl/c1-13-10-14(2)19(15(3)11-13)20(21)18-9-8-16-6-4-5-7-17(16)12-18/h8-12,20H,4-7H2,1-3H3. The van der Waals surface area contributed by atoms with Crippen LogP contribution in [-0.4, -0.2) is 0 Å². The molecule has 1 heteroatoms. The summed E-state index contributed by atoms with van der Waals surface area (Å²) in [4.78, 5) is 0. The van der Waals surface area contributed by atoms with Crippen molar-refractivity contribution in [2.75, 3.05) is 0 Å². The number of alkyl halides is 1. The van der Waals surface area contributed by atoms with Gasteiger partial charge < -0.3 is 0 Å². The molecule has 0 saturated carbocycles. The van der Waals surface area contributed by atoms with Gasteiger partial charge in [-0.2, -0.15) is 0 Å². The largest absolute Gasteiger partial charge is 0.113 e. The molecule has 0 saturated heterocycles. The van der Waals surface area contributed by atoms with E-state index in [1.807, 2.05) is 0 Å². The van der Waals surface area contributed by atoms with Crippen LogP contribution < -0.4 is 0 Å². The molecule has 3 rings (SSSR count). The predicted octanol–water partition coefficient (Wildman–Crippen LogP) is 5.82. The van der Waals surface area contributed by atoms with Crippen molar-refractivity contribution in [1.82, 2.24) is 0 Å². The first-order valence-corrected chi connectivity index (χ1v) is 8.33. The molecule has 0 N–H and O–H groups in total. The molecule has 0 aliphatic heterocycles. The molecule has 0 radical (unpaired) electrons. The number of aryl methyl sites for hydroxylation is 5. The molecule has 0 fully saturated rings. The van der Waals surface area contributed by atoms with E-state index in [0.29, 0.717) is 0 Å². The van der Waals surface area contributed by atoms with E-state index in [1.54, 1.807) is 0 Å². The Hall–Kier alpha value is -1.27. The highest BCUT2D eigenvalue weighted by atomic mass is 35.5. The second kappa shape index (κ2) is 5.85. The van der Waals surface area contributed by atoms with E-state index >= 15 is 0 Å². The topological polar surface area (TPSA) is 0 Å². The van der Waals surface area contributed by atoms with Crippen molar-refractivity contribution in [3.63, 3.8) is 0 Å². The zero-order valence-electron chi connectivity index (χ0n) is 13.2. The summed E-state index contributed by atoms with van der Waals surface area (Å²) in [5.74, 6) is 0. The van der Waals surface area contributed by atoms with Gasteiger partial charge in [0.15, 0.2) is 0 Å². The number of hydrogen-bond acceptors (Lipinski definition) is 0. The van der Waals surface area contributed by atoms with E-state index in [-0.39, 0.29) is 5.38 Å². The van der Waals surface area contributed by atoms with Crippen LogP contribution in [-0.2, 0) is 12.8 Å². The van der Waals surface area contributed by atoms with Gasteiger partial charge in [-0.05, 0) is 79.8 Å². The van der Waals surface area contributed by atoms with Gasteiger partial charge in [-0.15, -0.1) is 11.6 Å². The van der Waals surface area contributed by atoms with Crippen molar-refractivity contribution in [2.24, 2.45) is 0 Å². The molecule has 0 bridgehead atoms. The minimum absolute atomic E-state index is 0.0437. The predicted molar refractivity (Wildman–Crippen MR) is 91.4 cm³/mol. The minimum Gasteiger partial charge on any atom is -0.113 e. The average Bonchev–Trinajstić information content (AvgIpc) is 2.45. The van der Waals surface area contributed by atoms with Crippen LogP contribution in [0.1, 0.15) is 57.2 Å². The molecule has 0 nitrogen and oxygen atoms in total. The lowest BCUT2D eigenvalue weighted by Gasteiger charge is -2.21. The second-order valence-electron chi connectivity index (χ2n) is 6.41. The fourth-order valence-electron chi connectivity index (χ4n) is 3.67.